The number of hydrogen-bond donors (Lipinski definition) is 0. The molecule has 0 unspecified atom stereocenters. The number of benzene rings is 1. The lowest BCUT2D eigenvalue weighted by molar-refractivity contribution is -0.133. The van der Waals surface area contributed by atoms with Crippen molar-refractivity contribution in [3.63, 3.8) is 0 Å². The van der Waals surface area contributed by atoms with Crippen LogP contribution in [-0.4, -0.2) is 40.1 Å². The maximum atomic E-state index is 13.3. The number of aromatic nitrogens is 2. The van der Waals surface area contributed by atoms with Crippen LogP contribution in [0.4, 0.5) is 4.39 Å². The molecule has 0 saturated carbocycles. The van der Waals surface area contributed by atoms with Gasteiger partial charge < -0.3 is 14.2 Å². The Kier molecular flexibility index (Phi) is 5.71. The highest BCUT2D eigenvalue weighted by Crippen LogP contribution is 2.26. The van der Waals surface area contributed by atoms with E-state index in [4.69, 9.17) is 4.74 Å². The molecule has 1 aromatic carbocycles. The molecule has 1 atom stereocenters. The number of fused-ring (bicyclic) bond motifs is 1. The molecule has 26 heavy (non-hydrogen) atoms. The van der Waals surface area contributed by atoms with Crippen LogP contribution in [0.25, 0.3) is 0 Å². The topological polar surface area (TPSA) is 47.4 Å². The highest BCUT2D eigenvalue weighted by molar-refractivity contribution is 5.79. The highest BCUT2D eigenvalue weighted by Gasteiger charge is 2.30. The zero-order valence-electron chi connectivity index (χ0n) is 15.7. The summed E-state index contributed by atoms with van der Waals surface area (Å²) in [6.45, 7) is 8.63. The lowest BCUT2D eigenvalue weighted by Gasteiger charge is -2.34. The van der Waals surface area contributed by atoms with Gasteiger partial charge >= 0.3 is 0 Å². The fourth-order valence-electron chi connectivity index (χ4n) is 3.54. The predicted octanol–water partition coefficient (Wildman–Crippen LogP) is 3.06. The number of hydrogen-bond acceptors (Lipinski definition) is 3. The lowest BCUT2D eigenvalue weighted by Crippen LogP contribution is -2.42. The number of amides is 1. The minimum absolute atomic E-state index is 0.0531. The minimum Gasteiger partial charge on any atom is -0.381 e. The summed E-state index contributed by atoms with van der Waals surface area (Å²) < 4.78 is 20.9. The van der Waals surface area contributed by atoms with Crippen LogP contribution >= 0.6 is 0 Å². The van der Waals surface area contributed by atoms with E-state index in [1.165, 1.54) is 12.1 Å². The summed E-state index contributed by atoms with van der Waals surface area (Å²) in [5, 5.41) is 0. The molecular weight excluding hydrogens is 333 g/mol. The molecule has 3 rings (SSSR count). The summed E-state index contributed by atoms with van der Waals surface area (Å²) in [6.07, 6.45) is 3.01. The van der Waals surface area contributed by atoms with Crippen LogP contribution in [0.15, 0.2) is 24.4 Å². The molecular formula is C20H26FN3O2. The minimum atomic E-state index is -0.272. The van der Waals surface area contributed by atoms with E-state index in [2.05, 4.69) is 9.55 Å². The van der Waals surface area contributed by atoms with E-state index >= 15 is 0 Å². The molecule has 5 nitrogen and oxygen atoms in total. The van der Waals surface area contributed by atoms with E-state index in [9.17, 15) is 9.18 Å². The SMILES string of the molecule is CCOCCc1cnc2n1CCN(C(=O)Cc1ccc(F)cc1C)[C@H]2C. The van der Waals surface area contributed by atoms with Gasteiger partial charge in [-0.25, -0.2) is 9.37 Å². The Hall–Kier alpha value is -2.21. The second kappa shape index (κ2) is 7.99. The van der Waals surface area contributed by atoms with E-state index < -0.39 is 0 Å². The van der Waals surface area contributed by atoms with Gasteiger partial charge in [-0.1, -0.05) is 6.07 Å². The summed E-state index contributed by atoms with van der Waals surface area (Å²) in [7, 11) is 0. The van der Waals surface area contributed by atoms with Crippen molar-refractivity contribution in [2.45, 2.75) is 46.2 Å². The van der Waals surface area contributed by atoms with Gasteiger partial charge in [0, 0.05) is 38.0 Å². The van der Waals surface area contributed by atoms with Crippen LogP contribution in [0.5, 0.6) is 0 Å². The Morgan fingerprint density at radius 2 is 2.19 bits per heavy atom. The smallest absolute Gasteiger partial charge is 0.227 e. The number of nitrogens with zero attached hydrogens (tertiary/aromatic N) is 3. The normalized spacial score (nSPS) is 16.6. The number of rotatable bonds is 6. The third-order valence-electron chi connectivity index (χ3n) is 5.05. The van der Waals surface area contributed by atoms with Crippen LogP contribution in [0.1, 0.15) is 42.5 Å². The average molecular weight is 359 g/mol. The van der Waals surface area contributed by atoms with Crippen LogP contribution in [0.2, 0.25) is 0 Å². The summed E-state index contributed by atoms with van der Waals surface area (Å²) in [6, 6.07) is 4.51. The van der Waals surface area contributed by atoms with Gasteiger partial charge in [0.1, 0.15) is 11.6 Å². The fraction of sp³-hybridized carbons (Fsp3) is 0.500. The van der Waals surface area contributed by atoms with Gasteiger partial charge in [0.15, 0.2) is 0 Å². The molecule has 1 aliphatic heterocycles. The molecule has 140 valence electrons. The average Bonchev–Trinajstić information content (AvgIpc) is 3.02. The third-order valence-corrected chi connectivity index (χ3v) is 5.05. The van der Waals surface area contributed by atoms with Crippen LogP contribution in [0, 0.1) is 12.7 Å². The number of carbonyl (C=O) groups is 1. The first-order valence-electron chi connectivity index (χ1n) is 9.17. The molecule has 0 aliphatic carbocycles. The Balaban J connectivity index is 1.70. The van der Waals surface area contributed by atoms with Gasteiger partial charge in [-0.05, 0) is 44.0 Å². The second-order valence-corrected chi connectivity index (χ2v) is 6.72. The first-order chi connectivity index (χ1) is 12.5. The molecule has 0 N–H and O–H groups in total. The summed E-state index contributed by atoms with van der Waals surface area (Å²) >= 11 is 0. The Morgan fingerprint density at radius 1 is 1.38 bits per heavy atom. The lowest BCUT2D eigenvalue weighted by atomic mass is 10.0. The van der Waals surface area contributed by atoms with Gasteiger partial charge in [0.05, 0.1) is 19.1 Å². The van der Waals surface area contributed by atoms with Gasteiger partial charge in [0.25, 0.3) is 0 Å². The molecule has 1 aromatic heterocycles. The molecule has 1 amide bonds. The zero-order valence-corrected chi connectivity index (χ0v) is 15.7. The van der Waals surface area contributed by atoms with Crippen LogP contribution < -0.4 is 0 Å². The van der Waals surface area contributed by atoms with Crippen molar-refractivity contribution in [3.05, 3.63) is 52.9 Å². The predicted molar refractivity (Wildman–Crippen MR) is 97.4 cm³/mol. The van der Waals surface area contributed by atoms with Crippen molar-refractivity contribution in [1.29, 1.82) is 0 Å². The molecule has 0 saturated heterocycles. The fourth-order valence-corrected chi connectivity index (χ4v) is 3.54. The van der Waals surface area contributed by atoms with E-state index in [0.717, 1.165) is 35.6 Å². The monoisotopic (exact) mass is 359 g/mol. The second-order valence-electron chi connectivity index (χ2n) is 6.72. The maximum Gasteiger partial charge on any atom is 0.227 e. The summed E-state index contributed by atoms with van der Waals surface area (Å²) in [5.74, 6) is 0.705. The molecule has 0 radical (unpaired) electrons. The van der Waals surface area contributed by atoms with Gasteiger partial charge in [-0.3, -0.25) is 4.79 Å². The summed E-state index contributed by atoms with van der Waals surface area (Å²) in [4.78, 5) is 19.2. The molecule has 0 spiro atoms. The number of imidazole rings is 1. The standard InChI is InChI=1S/C20H26FN3O2/c1-4-26-10-7-18-13-22-20-15(3)23(8-9-24(18)20)19(25)12-16-5-6-17(21)11-14(16)2/h5-6,11,13,15H,4,7-10,12H2,1-3H3/t15-/m0/s1. The van der Waals surface area contributed by atoms with Crippen molar-refractivity contribution < 1.29 is 13.9 Å². The van der Waals surface area contributed by atoms with Gasteiger partial charge in [0.2, 0.25) is 5.91 Å². The van der Waals surface area contributed by atoms with Crippen molar-refractivity contribution in [2.24, 2.45) is 0 Å². The first-order valence-corrected chi connectivity index (χ1v) is 9.17. The third kappa shape index (κ3) is 3.80. The van der Waals surface area contributed by atoms with Gasteiger partial charge in [-0.15, -0.1) is 0 Å². The quantitative estimate of drug-likeness (QED) is 0.745. The van der Waals surface area contributed by atoms with E-state index in [-0.39, 0.29) is 24.2 Å². The summed E-state index contributed by atoms with van der Waals surface area (Å²) in [5.41, 5.74) is 2.83. The van der Waals surface area contributed by atoms with Gasteiger partial charge in [-0.2, -0.15) is 0 Å². The zero-order chi connectivity index (χ0) is 18.7. The number of ether oxygens (including phenoxy) is 1. The molecule has 2 aromatic rings. The van der Waals surface area contributed by atoms with Crippen molar-refractivity contribution in [2.75, 3.05) is 19.8 Å². The molecule has 1 aliphatic rings. The molecule has 2 heterocycles. The van der Waals surface area contributed by atoms with E-state index in [1.807, 2.05) is 31.9 Å². The number of carbonyl (C=O) groups excluding carboxylic acids is 1. The molecule has 6 heteroatoms. The van der Waals surface area contributed by atoms with Crippen molar-refractivity contribution in [1.82, 2.24) is 14.5 Å². The van der Waals surface area contributed by atoms with Crippen LogP contribution in [0.3, 0.4) is 0 Å². The maximum absolute atomic E-state index is 13.3. The van der Waals surface area contributed by atoms with Crippen molar-refractivity contribution in [3.8, 4) is 0 Å². The Morgan fingerprint density at radius 3 is 2.92 bits per heavy atom. The number of aryl methyl sites for hydroxylation is 1. The highest BCUT2D eigenvalue weighted by atomic mass is 19.1. The van der Waals surface area contributed by atoms with Crippen molar-refractivity contribution >= 4 is 5.91 Å². The van der Waals surface area contributed by atoms with E-state index in [0.29, 0.717) is 19.8 Å². The largest absolute Gasteiger partial charge is 0.381 e. The Labute approximate surface area is 153 Å². The van der Waals surface area contributed by atoms with Crippen LogP contribution in [-0.2, 0) is 28.9 Å². The number of halogens is 1. The molecule has 0 fully saturated rings. The van der Waals surface area contributed by atoms with E-state index in [1.54, 1.807) is 6.07 Å². The Bertz CT molecular complexity index is 787. The molecule has 0 bridgehead atoms. The first kappa shape index (κ1) is 18.6.